The van der Waals surface area contributed by atoms with E-state index < -0.39 is 30.1 Å². The van der Waals surface area contributed by atoms with Gasteiger partial charge in [0.1, 0.15) is 18.7 Å². The van der Waals surface area contributed by atoms with Crippen molar-refractivity contribution in [2.24, 2.45) is 5.92 Å². The number of rotatable bonds is 7. The molecule has 126 valence electrons. The molecule has 0 saturated carbocycles. The normalized spacial score (nSPS) is 13.0. The van der Waals surface area contributed by atoms with Crippen LogP contribution in [0.3, 0.4) is 0 Å². The van der Waals surface area contributed by atoms with Crippen molar-refractivity contribution in [1.29, 1.82) is 0 Å². The highest BCUT2D eigenvalue weighted by Crippen LogP contribution is 2.05. The Morgan fingerprint density at radius 1 is 1.09 bits per heavy atom. The Bertz CT molecular complexity index is 545. The molecule has 7 heteroatoms. The van der Waals surface area contributed by atoms with Crippen molar-refractivity contribution < 1.29 is 24.2 Å². The molecule has 0 aromatic heterocycles. The van der Waals surface area contributed by atoms with E-state index in [9.17, 15) is 14.4 Å². The van der Waals surface area contributed by atoms with Crippen LogP contribution in [-0.4, -0.2) is 35.2 Å². The third-order valence-corrected chi connectivity index (χ3v) is 3.16. The maximum Gasteiger partial charge on any atom is 0.408 e. The van der Waals surface area contributed by atoms with E-state index >= 15 is 0 Å². The fourth-order valence-electron chi connectivity index (χ4n) is 1.79. The van der Waals surface area contributed by atoms with Gasteiger partial charge in [0.25, 0.3) is 0 Å². The average molecular weight is 322 g/mol. The second-order valence-corrected chi connectivity index (χ2v) is 5.50. The number of aliphatic carboxylic acids is 1. The van der Waals surface area contributed by atoms with Crippen molar-refractivity contribution in [3.05, 3.63) is 35.9 Å². The van der Waals surface area contributed by atoms with Gasteiger partial charge in [-0.1, -0.05) is 44.2 Å². The summed E-state index contributed by atoms with van der Waals surface area (Å²) in [6.07, 6.45) is -0.731. The van der Waals surface area contributed by atoms with Crippen LogP contribution in [-0.2, 0) is 20.9 Å². The zero-order valence-electron chi connectivity index (χ0n) is 13.4. The van der Waals surface area contributed by atoms with Crippen molar-refractivity contribution >= 4 is 18.0 Å². The third kappa shape index (κ3) is 6.37. The summed E-state index contributed by atoms with van der Waals surface area (Å²) in [6, 6.07) is 7.23. The molecular weight excluding hydrogens is 300 g/mol. The van der Waals surface area contributed by atoms with Gasteiger partial charge in [0.05, 0.1) is 0 Å². The van der Waals surface area contributed by atoms with Crippen LogP contribution in [0.4, 0.5) is 4.79 Å². The second kappa shape index (κ2) is 8.77. The van der Waals surface area contributed by atoms with Crippen LogP contribution in [0.5, 0.6) is 0 Å². The van der Waals surface area contributed by atoms with Gasteiger partial charge in [0.2, 0.25) is 5.91 Å². The Labute approximate surface area is 135 Å². The monoisotopic (exact) mass is 322 g/mol. The third-order valence-electron chi connectivity index (χ3n) is 3.16. The van der Waals surface area contributed by atoms with Gasteiger partial charge in [-0.15, -0.1) is 0 Å². The number of benzene rings is 1. The van der Waals surface area contributed by atoms with E-state index in [0.29, 0.717) is 0 Å². The molecule has 0 spiro atoms. The van der Waals surface area contributed by atoms with Crippen molar-refractivity contribution in [2.45, 2.75) is 39.5 Å². The molecule has 0 bridgehead atoms. The largest absolute Gasteiger partial charge is 0.480 e. The summed E-state index contributed by atoms with van der Waals surface area (Å²) < 4.78 is 5.06. The first-order valence-electron chi connectivity index (χ1n) is 7.31. The van der Waals surface area contributed by atoms with E-state index in [1.54, 1.807) is 13.8 Å². The number of carboxylic acids is 1. The molecule has 7 nitrogen and oxygen atoms in total. The molecular formula is C16H22N2O5. The fraction of sp³-hybridized carbons (Fsp3) is 0.438. The van der Waals surface area contributed by atoms with Crippen LogP contribution in [0.2, 0.25) is 0 Å². The molecule has 0 heterocycles. The number of amides is 2. The minimum absolute atomic E-state index is 0.0879. The van der Waals surface area contributed by atoms with Gasteiger partial charge in [-0.2, -0.15) is 0 Å². The van der Waals surface area contributed by atoms with Crippen molar-refractivity contribution in [2.75, 3.05) is 0 Å². The number of hydrogen-bond acceptors (Lipinski definition) is 4. The molecule has 2 amide bonds. The molecule has 0 aliphatic rings. The molecule has 1 rings (SSSR count). The smallest absolute Gasteiger partial charge is 0.408 e. The Balaban J connectivity index is 2.56. The SMILES string of the molecule is CC(C)[C@@H](NC(=O)OCc1ccccc1)C(=O)N[C@@H](C)C(=O)O. The Morgan fingerprint density at radius 3 is 2.22 bits per heavy atom. The number of alkyl carbamates (subject to hydrolysis) is 1. The van der Waals surface area contributed by atoms with Crippen LogP contribution in [0.15, 0.2) is 30.3 Å². The highest BCUT2D eigenvalue weighted by molar-refractivity contribution is 5.89. The lowest BCUT2D eigenvalue weighted by molar-refractivity contribution is -0.141. The first kappa shape index (κ1) is 18.5. The van der Waals surface area contributed by atoms with E-state index in [4.69, 9.17) is 9.84 Å². The topological polar surface area (TPSA) is 105 Å². The molecule has 0 aliphatic heterocycles. The molecule has 0 saturated heterocycles. The van der Waals surface area contributed by atoms with Gasteiger partial charge in [-0.25, -0.2) is 4.79 Å². The summed E-state index contributed by atoms with van der Waals surface area (Å²) in [5.41, 5.74) is 0.827. The lowest BCUT2D eigenvalue weighted by atomic mass is 10.0. The molecule has 3 N–H and O–H groups in total. The first-order chi connectivity index (χ1) is 10.8. The first-order valence-corrected chi connectivity index (χ1v) is 7.31. The standard InChI is InChI=1S/C16H22N2O5/c1-10(2)13(14(19)17-11(3)15(20)21)18-16(22)23-9-12-7-5-4-6-8-12/h4-8,10-11,13H,9H2,1-3H3,(H,17,19)(H,18,22)(H,20,21)/t11-,13+/m0/s1. The van der Waals surface area contributed by atoms with Crippen LogP contribution < -0.4 is 10.6 Å². The predicted octanol–water partition coefficient (Wildman–Crippen LogP) is 1.53. The van der Waals surface area contributed by atoms with Crippen LogP contribution in [0.25, 0.3) is 0 Å². The van der Waals surface area contributed by atoms with Crippen molar-refractivity contribution in [3.8, 4) is 0 Å². The van der Waals surface area contributed by atoms with Crippen LogP contribution in [0, 0.1) is 5.92 Å². The second-order valence-electron chi connectivity index (χ2n) is 5.50. The van der Waals surface area contributed by atoms with E-state index in [1.165, 1.54) is 6.92 Å². The Morgan fingerprint density at radius 2 is 1.70 bits per heavy atom. The molecule has 23 heavy (non-hydrogen) atoms. The van der Waals surface area contributed by atoms with E-state index in [2.05, 4.69) is 10.6 Å². The highest BCUT2D eigenvalue weighted by atomic mass is 16.5. The predicted molar refractivity (Wildman–Crippen MR) is 83.6 cm³/mol. The summed E-state index contributed by atoms with van der Waals surface area (Å²) in [5, 5.41) is 13.6. The van der Waals surface area contributed by atoms with Gasteiger partial charge in [0.15, 0.2) is 0 Å². The minimum atomic E-state index is -1.15. The number of hydrogen-bond donors (Lipinski definition) is 3. The number of nitrogens with one attached hydrogen (secondary N) is 2. The van der Waals surface area contributed by atoms with Crippen molar-refractivity contribution in [3.63, 3.8) is 0 Å². The van der Waals surface area contributed by atoms with E-state index in [0.717, 1.165) is 5.56 Å². The van der Waals surface area contributed by atoms with Crippen molar-refractivity contribution in [1.82, 2.24) is 10.6 Å². The average Bonchev–Trinajstić information content (AvgIpc) is 2.51. The minimum Gasteiger partial charge on any atom is -0.480 e. The van der Waals surface area contributed by atoms with Gasteiger partial charge in [-0.3, -0.25) is 9.59 Å². The number of carbonyl (C=O) groups is 3. The highest BCUT2D eigenvalue weighted by Gasteiger charge is 2.27. The molecule has 0 fully saturated rings. The summed E-state index contributed by atoms with van der Waals surface area (Å²) >= 11 is 0. The Kier molecular flexibility index (Phi) is 7.05. The summed E-state index contributed by atoms with van der Waals surface area (Å²) in [6.45, 7) is 4.93. The number of ether oxygens (including phenoxy) is 1. The maximum absolute atomic E-state index is 12.1. The van der Waals surface area contributed by atoms with Crippen LogP contribution >= 0.6 is 0 Å². The molecule has 0 radical (unpaired) electrons. The lowest BCUT2D eigenvalue weighted by Crippen LogP contribution is -2.53. The molecule has 1 aromatic rings. The van der Waals surface area contributed by atoms with Gasteiger partial charge >= 0.3 is 12.1 Å². The zero-order chi connectivity index (χ0) is 17.4. The van der Waals surface area contributed by atoms with E-state index in [1.807, 2.05) is 30.3 Å². The van der Waals surface area contributed by atoms with Gasteiger partial charge < -0.3 is 20.5 Å². The lowest BCUT2D eigenvalue weighted by Gasteiger charge is -2.22. The maximum atomic E-state index is 12.1. The summed E-state index contributed by atoms with van der Waals surface area (Å²) in [4.78, 5) is 34.7. The van der Waals surface area contributed by atoms with E-state index in [-0.39, 0.29) is 12.5 Å². The molecule has 0 unspecified atom stereocenters. The molecule has 1 aromatic carbocycles. The Hall–Kier alpha value is -2.57. The quantitative estimate of drug-likeness (QED) is 0.706. The fourth-order valence-corrected chi connectivity index (χ4v) is 1.79. The van der Waals surface area contributed by atoms with Crippen LogP contribution in [0.1, 0.15) is 26.3 Å². The molecule has 0 aliphatic carbocycles. The zero-order valence-corrected chi connectivity index (χ0v) is 13.4. The van der Waals surface area contributed by atoms with Gasteiger partial charge in [-0.05, 0) is 18.4 Å². The van der Waals surface area contributed by atoms with Gasteiger partial charge in [0, 0.05) is 0 Å². The number of carboxylic acid groups (broad SMARTS) is 1. The molecule has 2 atom stereocenters. The summed E-state index contributed by atoms with van der Waals surface area (Å²) in [5.74, 6) is -1.93. The summed E-state index contributed by atoms with van der Waals surface area (Å²) in [7, 11) is 0. The number of carbonyl (C=O) groups excluding carboxylic acids is 2.